The first-order valence-electron chi connectivity index (χ1n) is 7.43. The topological polar surface area (TPSA) is 55.6 Å². The highest BCUT2D eigenvalue weighted by Crippen LogP contribution is 2.26. The number of carbonyl (C=O) groups excluding carboxylic acids is 1. The van der Waals surface area contributed by atoms with Crippen LogP contribution in [0.3, 0.4) is 0 Å². The minimum Gasteiger partial charge on any atom is -0.374 e. The molecule has 5 nitrogen and oxygen atoms in total. The van der Waals surface area contributed by atoms with E-state index in [4.69, 9.17) is 9.26 Å². The number of carbonyl (C=O) groups is 1. The molecule has 1 aromatic carbocycles. The van der Waals surface area contributed by atoms with Gasteiger partial charge in [0, 0.05) is 18.2 Å². The van der Waals surface area contributed by atoms with Gasteiger partial charge in [0.15, 0.2) is 11.5 Å². The van der Waals surface area contributed by atoms with Gasteiger partial charge < -0.3 is 14.2 Å². The second-order valence-electron chi connectivity index (χ2n) is 6.29. The first-order valence-corrected chi connectivity index (χ1v) is 7.43. The Balaban J connectivity index is 1.85. The summed E-state index contributed by atoms with van der Waals surface area (Å²) in [4.78, 5) is 14.6. The molecule has 1 aromatic heterocycles. The van der Waals surface area contributed by atoms with E-state index in [1.807, 2.05) is 56.0 Å². The molecule has 3 rings (SSSR count). The van der Waals surface area contributed by atoms with E-state index >= 15 is 0 Å². The lowest BCUT2D eigenvalue weighted by molar-refractivity contribution is -0.0758. The predicted octanol–water partition coefficient (Wildman–Crippen LogP) is 2.98. The number of amides is 1. The molecule has 1 aliphatic rings. The molecule has 1 fully saturated rings. The van der Waals surface area contributed by atoms with Gasteiger partial charge in [0.2, 0.25) is 0 Å². The van der Waals surface area contributed by atoms with E-state index in [1.165, 1.54) is 0 Å². The molecule has 1 amide bonds. The van der Waals surface area contributed by atoms with Gasteiger partial charge in [-0.3, -0.25) is 4.79 Å². The SMILES string of the molecule is CC1CN(C(=O)c2cc(-c3ccccc3)on2)C(C)(C)CO1. The number of aromatic nitrogens is 1. The molecular formula is C17H20N2O3. The number of benzene rings is 1. The Morgan fingerprint density at radius 2 is 2.05 bits per heavy atom. The van der Waals surface area contributed by atoms with Crippen molar-refractivity contribution in [2.45, 2.75) is 32.4 Å². The molecule has 0 spiro atoms. The minimum absolute atomic E-state index is 0.0254. The van der Waals surface area contributed by atoms with E-state index < -0.39 is 0 Å². The van der Waals surface area contributed by atoms with Crippen LogP contribution in [0.1, 0.15) is 31.3 Å². The average Bonchev–Trinajstić information content (AvgIpc) is 3.00. The lowest BCUT2D eigenvalue weighted by Crippen LogP contribution is -2.57. The van der Waals surface area contributed by atoms with Crippen molar-refractivity contribution in [1.29, 1.82) is 0 Å². The highest BCUT2D eigenvalue weighted by Gasteiger charge is 2.38. The van der Waals surface area contributed by atoms with Crippen molar-refractivity contribution < 1.29 is 14.1 Å². The summed E-state index contributed by atoms with van der Waals surface area (Å²) in [7, 11) is 0. The molecule has 116 valence electrons. The van der Waals surface area contributed by atoms with Crippen LogP contribution in [0.2, 0.25) is 0 Å². The van der Waals surface area contributed by atoms with Crippen LogP contribution in [0, 0.1) is 0 Å². The summed E-state index contributed by atoms with van der Waals surface area (Å²) in [5, 5.41) is 3.95. The van der Waals surface area contributed by atoms with E-state index in [2.05, 4.69) is 5.16 Å². The van der Waals surface area contributed by atoms with Crippen LogP contribution < -0.4 is 0 Å². The number of nitrogens with zero attached hydrogens (tertiary/aromatic N) is 2. The summed E-state index contributed by atoms with van der Waals surface area (Å²) < 4.78 is 11.0. The zero-order valence-corrected chi connectivity index (χ0v) is 13.1. The third-order valence-electron chi connectivity index (χ3n) is 3.92. The number of rotatable bonds is 2. The third-order valence-corrected chi connectivity index (χ3v) is 3.92. The molecule has 0 aliphatic carbocycles. The summed E-state index contributed by atoms with van der Waals surface area (Å²) in [6.07, 6.45) is 0.0254. The van der Waals surface area contributed by atoms with Gasteiger partial charge in [-0.15, -0.1) is 0 Å². The Hall–Kier alpha value is -2.14. The van der Waals surface area contributed by atoms with Gasteiger partial charge in [-0.25, -0.2) is 0 Å². The van der Waals surface area contributed by atoms with Crippen molar-refractivity contribution in [3.63, 3.8) is 0 Å². The predicted molar refractivity (Wildman–Crippen MR) is 82.5 cm³/mol. The fourth-order valence-corrected chi connectivity index (χ4v) is 2.59. The van der Waals surface area contributed by atoms with Crippen LogP contribution in [0.5, 0.6) is 0 Å². The van der Waals surface area contributed by atoms with Gasteiger partial charge in [-0.1, -0.05) is 35.5 Å². The zero-order valence-electron chi connectivity index (χ0n) is 13.1. The molecule has 2 heterocycles. The third kappa shape index (κ3) is 2.76. The minimum atomic E-state index is -0.352. The molecular weight excluding hydrogens is 280 g/mol. The molecule has 1 unspecified atom stereocenters. The Bertz CT molecular complexity index is 664. The van der Waals surface area contributed by atoms with Gasteiger partial charge in [-0.2, -0.15) is 0 Å². The Labute approximate surface area is 129 Å². The molecule has 0 bridgehead atoms. The van der Waals surface area contributed by atoms with Crippen LogP contribution in [0.25, 0.3) is 11.3 Å². The van der Waals surface area contributed by atoms with E-state index in [0.717, 1.165) is 5.56 Å². The highest BCUT2D eigenvalue weighted by atomic mass is 16.5. The molecule has 0 radical (unpaired) electrons. The number of hydrogen-bond donors (Lipinski definition) is 0. The molecule has 0 N–H and O–H groups in total. The smallest absolute Gasteiger partial charge is 0.276 e. The standard InChI is InChI=1S/C17H20N2O3/c1-12-10-19(17(2,3)11-21-12)16(20)14-9-15(22-18-14)13-7-5-4-6-8-13/h4-9,12H,10-11H2,1-3H3. The summed E-state index contributed by atoms with van der Waals surface area (Å²) in [5.74, 6) is 0.481. The van der Waals surface area contributed by atoms with Crippen molar-refractivity contribution in [1.82, 2.24) is 10.1 Å². The summed E-state index contributed by atoms with van der Waals surface area (Å²) in [5.41, 5.74) is 0.889. The molecule has 1 atom stereocenters. The van der Waals surface area contributed by atoms with Gasteiger partial charge in [0.05, 0.1) is 18.2 Å². The average molecular weight is 300 g/mol. The first kappa shape index (κ1) is 14.8. The van der Waals surface area contributed by atoms with Crippen LogP contribution in [0.4, 0.5) is 0 Å². The molecule has 1 aliphatic heterocycles. The second kappa shape index (κ2) is 5.57. The lowest BCUT2D eigenvalue weighted by Gasteiger charge is -2.44. The van der Waals surface area contributed by atoms with Crippen molar-refractivity contribution in [3.8, 4) is 11.3 Å². The first-order chi connectivity index (χ1) is 10.5. The van der Waals surface area contributed by atoms with E-state index in [9.17, 15) is 4.79 Å². The number of morpholine rings is 1. The maximum absolute atomic E-state index is 12.8. The van der Waals surface area contributed by atoms with E-state index in [0.29, 0.717) is 24.6 Å². The largest absolute Gasteiger partial charge is 0.374 e. The van der Waals surface area contributed by atoms with E-state index in [-0.39, 0.29) is 17.6 Å². The van der Waals surface area contributed by atoms with Crippen LogP contribution >= 0.6 is 0 Å². The van der Waals surface area contributed by atoms with Crippen molar-refractivity contribution in [2.75, 3.05) is 13.2 Å². The summed E-state index contributed by atoms with van der Waals surface area (Å²) in [6.45, 7) is 7.03. The number of ether oxygens (including phenoxy) is 1. The van der Waals surface area contributed by atoms with Crippen LogP contribution in [0.15, 0.2) is 40.9 Å². The van der Waals surface area contributed by atoms with Crippen molar-refractivity contribution >= 4 is 5.91 Å². The van der Waals surface area contributed by atoms with E-state index in [1.54, 1.807) is 6.07 Å². The normalized spacial score (nSPS) is 20.9. The summed E-state index contributed by atoms with van der Waals surface area (Å²) >= 11 is 0. The molecule has 1 saturated heterocycles. The van der Waals surface area contributed by atoms with Crippen molar-refractivity contribution in [2.24, 2.45) is 0 Å². The van der Waals surface area contributed by atoms with Gasteiger partial charge in [0.1, 0.15) is 0 Å². The highest BCUT2D eigenvalue weighted by molar-refractivity contribution is 5.93. The van der Waals surface area contributed by atoms with Gasteiger partial charge >= 0.3 is 0 Å². The molecule has 22 heavy (non-hydrogen) atoms. The van der Waals surface area contributed by atoms with Crippen molar-refractivity contribution in [3.05, 3.63) is 42.1 Å². The van der Waals surface area contributed by atoms with Gasteiger partial charge in [0.25, 0.3) is 5.91 Å². The van der Waals surface area contributed by atoms with Crippen LogP contribution in [-0.2, 0) is 4.74 Å². The molecule has 2 aromatic rings. The monoisotopic (exact) mass is 300 g/mol. The lowest BCUT2D eigenvalue weighted by atomic mass is 10.0. The molecule has 0 saturated carbocycles. The summed E-state index contributed by atoms with van der Waals surface area (Å²) in [6, 6.07) is 11.3. The molecule has 5 heteroatoms. The van der Waals surface area contributed by atoms with Crippen LogP contribution in [-0.4, -0.2) is 40.8 Å². The number of hydrogen-bond acceptors (Lipinski definition) is 4. The fourth-order valence-electron chi connectivity index (χ4n) is 2.59. The second-order valence-corrected chi connectivity index (χ2v) is 6.29. The van der Waals surface area contributed by atoms with Gasteiger partial charge in [-0.05, 0) is 20.8 Å². The zero-order chi connectivity index (χ0) is 15.7. The Morgan fingerprint density at radius 3 is 2.77 bits per heavy atom. The Kier molecular flexibility index (Phi) is 3.74. The quantitative estimate of drug-likeness (QED) is 0.855. The maximum atomic E-state index is 12.8. The fraction of sp³-hybridized carbons (Fsp3) is 0.412. The Morgan fingerprint density at radius 1 is 1.32 bits per heavy atom. The maximum Gasteiger partial charge on any atom is 0.276 e.